The number of aliphatic hydroxyl groups excluding tert-OH is 1. The first-order chi connectivity index (χ1) is 48.7. The van der Waals surface area contributed by atoms with E-state index in [1.54, 1.807) is 0 Å². The third kappa shape index (κ3) is 72.6. The van der Waals surface area contributed by atoms with Crippen molar-refractivity contribution in [1.82, 2.24) is 0 Å². The highest BCUT2D eigenvalue weighted by molar-refractivity contribution is 7.47. The van der Waals surface area contributed by atoms with Gasteiger partial charge in [0.15, 0.2) is 12.2 Å². The third-order valence-electron chi connectivity index (χ3n) is 16.9. The molecule has 19 heteroatoms. The largest absolute Gasteiger partial charge is 0.472 e. The van der Waals surface area contributed by atoms with Gasteiger partial charge in [-0.25, -0.2) is 9.13 Å². The Morgan fingerprint density at radius 2 is 0.530 bits per heavy atom. The molecular formula is C81H144O17P2. The van der Waals surface area contributed by atoms with E-state index in [9.17, 15) is 43.2 Å². The SMILES string of the molecule is CCCCC/C=C\C/C=C\C/C=C\C/C=C\CCCC(=O)OC[C@H](COP(=O)(O)OC[C@@H](O)COP(=O)(O)OC[C@@H](COC(=O)CCCCCCC/C=C\CCCCCCCC)OC(=O)CCCCCCC/C=C\C=C/CCCCCC)OC(=O)CCCCCCCCCCCCCCC. The molecule has 0 bridgehead atoms. The number of allylic oxidation sites excluding steroid dienone is 14. The Kier molecular flexibility index (Phi) is 70.8. The van der Waals surface area contributed by atoms with E-state index < -0.39 is 97.5 Å². The smallest absolute Gasteiger partial charge is 0.462 e. The highest BCUT2D eigenvalue weighted by Crippen LogP contribution is 2.45. The van der Waals surface area contributed by atoms with E-state index >= 15 is 0 Å². The topological polar surface area (TPSA) is 237 Å². The van der Waals surface area contributed by atoms with Crippen LogP contribution >= 0.6 is 15.6 Å². The van der Waals surface area contributed by atoms with Crippen LogP contribution in [0.5, 0.6) is 0 Å². The van der Waals surface area contributed by atoms with Crippen LogP contribution in [-0.2, 0) is 65.4 Å². The highest BCUT2D eigenvalue weighted by atomic mass is 31.2. The van der Waals surface area contributed by atoms with Gasteiger partial charge < -0.3 is 33.8 Å². The van der Waals surface area contributed by atoms with Crippen molar-refractivity contribution in [3.8, 4) is 0 Å². The summed E-state index contributed by atoms with van der Waals surface area (Å²) in [6.07, 6.45) is 75.7. The summed E-state index contributed by atoms with van der Waals surface area (Å²) in [6.45, 7) is 4.78. The second kappa shape index (κ2) is 73.5. The summed E-state index contributed by atoms with van der Waals surface area (Å²) in [6, 6.07) is 0. The molecule has 3 N–H and O–H groups in total. The first-order valence-electron chi connectivity index (χ1n) is 39.8. The molecule has 0 aliphatic rings. The van der Waals surface area contributed by atoms with Gasteiger partial charge in [-0.1, -0.05) is 293 Å². The van der Waals surface area contributed by atoms with Crippen molar-refractivity contribution < 1.29 is 80.2 Å². The molecule has 2 unspecified atom stereocenters. The Bertz CT molecular complexity index is 2230. The zero-order chi connectivity index (χ0) is 73.2. The number of phosphoric acid groups is 2. The number of rotatable bonds is 75. The van der Waals surface area contributed by atoms with Crippen molar-refractivity contribution >= 4 is 39.5 Å². The van der Waals surface area contributed by atoms with E-state index in [0.717, 1.165) is 128 Å². The van der Waals surface area contributed by atoms with Crippen LogP contribution in [0, 0.1) is 0 Å². The summed E-state index contributed by atoms with van der Waals surface area (Å²) in [5.41, 5.74) is 0. The van der Waals surface area contributed by atoms with E-state index in [0.29, 0.717) is 32.1 Å². The van der Waals surface area contributed by atoms with Gasteiger partial charge in [0, 0.05) is 25.7 Å². The van der Waals surface area contributed by atoms with Gasteiger partial charge in [0.2, 0.25) is 0 Å². The van der Waals surface area contributed by atoms with Crippen LogP contribution in [0.25, 0.3) is 0 Å². The van der Waals surface area contributed by atoms with Crippen LogP contribution in [-0.4, -0.2) is 96.7 Å². The molecule has 0 aliphatic heterocycles. The van der Waals surface area contributed by atoms with Gasteiger partial charge in [0.1, 0.15) is 19.3 Å². The number of esters is 4. The monoisotopic (exact) mass is 1450 g/mol. The normalized spacial score (nSPS) is 14.3. The molecular weight excluding hydrogens is 1310 g/mol. The zero-order valence-electron chi connectivity index (χ0n) is 63.4. The number of carbonyl (C=O) groups excluding carboxylic acids is 4. The van der Waals surface area contributed by atoms with Crippen molar-refractivity contribution in [2.75, 3.05) is 39.6 Å². The first-order valence-corrected chi connectivity index (χ1v) is 42.8. The maximum Gasteiger partial charge on any atom is 0.472 e. The molecule has 0 rings (SSSR count). The number of phosphoric ester groups is 2. The predicted octanol–water partition coefficient (Wildman–Crippen LogP) is 23.0. The summed E-state index contributed by atoms with van der Waals surface area (Å²) in [5.74, 6) is -2.24. The van der Waals surface area contributed by atoms with Crippen LogP contribution < -0.4 is 0 Å². The van der Waals surface area contributed by atoms with Crippen LogP contribution in [0.2, 0.25) is 0 Å². The number of hydrogen-bond donors (Lipinski definition) is 3. The molecule has 0 aliphatic carbocycles. The zero-order valence-corrected chi connectivity index (χ0v) is 65.2. The fourth-order valence-electron chi connectivity index (χ4n) is 10.7. The molecule has 0 heterocycles. The molecule has 0 aromatic carbocycles. The minimum Gasteiger partial charge on any atom is -0.462 e. The second-order valence-corrected chi connectivity index (χ2v) is 29.6. The highest BCUT2D eigenvalue weighted by Gasteiger charge is 2.30. The van der Waals surface area contributed by atoms with Gasteiger partial charge >= 0.3 is 39.5 Å². The molecule has 100 heavy (non-hydrogen) atoms. The lowest BCUT2D eigenvalue weighted by Gasteiger charge is -2.21. The lowest BCUT2D eigenvalue weighted by molar-refractivity contribution is -0.161. The average molecular weight is 1450 g/mol. The molecule has 0 aromatic heterocycles. The number of aliphatic hydroxyl groups is 1. The molecule has 0 radical (unpaired) electrons. The predicted molar refractivity (Wildman–Crippen MR) is 409 cm³/mol. The van der Waals surface area contributed by atoms with Gasteiger partial charge in [-0.05, 0) is 116 Å². The Morgan fingerprint density at radius 3 is 0.890 bits per heavy atom. The molecule has 0 saturated heterocycles. The van der Waals surface area contributed by atoms with Gasteiger partial charge in [0.25, 0.3) is 0 Å². The third-order valence-corrected chi connectivity index (χ3v) is 18.8. The maximum atomic E-state index is 13.1. The first kappa shape index (κ1) is 96.2. The van der Waals surface area contributed by atoms with Gasteiger partial charge in [-0.2, -0.15) is 0 Å². The molecule has 0 amide bonds. The van der Waals surface area contributed by atoms with Crippen molar-refractivity contribution in [2.45, 2.75) is 367 Å². The van der Waals surface area contributed by atoms with Gasteiger partial charge in [-0.3, -0.25) is 37.3 Å². The Hall–Kier alpha value is -3.76. The fraction of sp³-hybridized carbons (Fsp3) is 0.778. The van der Waals surface area contributed by atoms with Gasteiger partial charge in [0.05, 0.1) is 26.4 Å². The van der Waals surface area contributed by atoms with E-state index in [1.807, 2.05) is 12.2 Å². The van der Waals surface area contributed by atoms with Crippen LogP contribution in [0.4, 0.5) is 0 Å². The summed E-state index contributed by atoms with van der Waals surface area (Å²) in [7, 11) is -9.96. The average Bonchev–Trinajstić information content (AvgIpc) is 0.965. The lowest BCUT2D eigenvalue weighted by Crippen LogP contribution is -2.30. The number of hydrogen-bond acceptors (Lipinski definition) is 15. The molecule has 0 aromatic rings. The minimum absolute atomic E-state index is 0.0767. The molecule has 0 spiro atoms. The van der Waals surface area contributed by atoms with E-state index in [4.69, 9.17) is 37.0 Å². The summed E-state index contributed by atoms with van der Waals surface area (Å²) >= 11 is 0. The number of carbonyl (C=O) groups is 4. The molecule has 580 valence electrons. The molecule has 5 atom stereocenters. The summed E-state index contributed by atoms with van der Waals surface area (Å²) in [5, 5.41) is 10.6. The van der Waals surface area contributed by atoms with E-state index in [-0.39, 0.29) is 25.7 Å². The standard InChI is InChI=1S/C81H144O17P2/c1-5-9-13-17-21-25-29-33-36-37-40-43-46-50-54-58-62-66-79(84)92-71-76(97-80(85)67-63-59-55-51-47-41-32-28-24-20-16-12-8-4)73-95-99(87,88)93-69-75(82)70-94-100(89,90)96-74-77(98-81(86)68-64-60-56-52-48-44-39-35-31-27-23-19-15-11-7-3)72-91-78(83)65-61-57-53-49-45-42-38-34-30-26-22-18-14-10-6-2/h21,25,27,31,33-36,38-40,43,50,54,75-77,82H,5-20,22-24,26,28-30,32,37,41-42,44-49,51-53,55-74H2,1-4H3,(H,87,88)(H,89,90)/b25-21-,31-27-,36-33-,38-34-,39-35-,43-40-,54-50-/t75-,76-,77-/m1/s1. The fourth-order valence-corrected chi connectivity index (χ4v) is 12.3. The van der Waals surface area contributed by atoms with Crippen LogP contribution in [0.15, 0.2) is 85.1 Å². The Labute approximate surface area is 608 Å². The van der Waals surface area contributed by atoms with Crippen molar-refractivity contribution in [3.63, 3.8) is 0 Å². The minimum atomic E-state index is -4.98. The maximum absolute atomic E-state index is 13.1. The van der Waals surface area contributed by atoms with Crippen LogP contribution in [0.1, 0.15) is 349 Å². The van der Waals surface area contributed by atoms with Crippen molar-refractivity contribution in [2.24, 2.45) is 0 Å². The van der Waals surface area contributed by atoms with Crippen molar-refractivity contribution in [1.29, 1.82) is 0 Å². The quantitative estimate of drug-likeness (QED) is 0.0128. The Morgan fingerprint density at radius 1 is 0.290 bits per heavy atom. The van der Waals surface area contributed by atoms with Crippen LogP contribution in [0.3, 0.4) is 0 Å². The van der Waals surface area contributed by atoms with E-state index in [1.165, 1.54) is 135 Å². The lowest BCUT2D eigenvalue weighted by atomic mass is 10.0. The summed E-state index contributed by atoms with van der Waals surface area (Å²) in [4.78, 5) is 72.9. The van der Waals surface area contributed by atoms with Crippen molar-refractivity contribution in [3.05, 3.63) is 85.1 Å². The number of unbranched alkanes of at least 4 members (excludes halogenated alkanes) is 36. The second-order valence-electron chi connectivity index (χ2n) is 26.7. The number of ether oxygens (including phenoxy) is 4. The molecule has 17 nitrogen and oxygen atoms in total. The molecule has 0 fully saturated rings. The van der Waals surface area contributed by atoms with E-state index in [2.05, 4.69) is 101 Å². The Balaban J connectivity index is 5.39. The van der Waals surface area contributed by atoms with Gasteiger partial charge in [-0.15, -0.1) is 0 Å². The molecule has 0 saturated carbocycles. The summed E-state index contributed by atoms with van der Waals surface area (Å²) < 4.78 is 68.5.